The molecule has 6 amide bonds. The van der Waals surface area contributed by atoms with E-state index in [1.165, 1.54) is 17.1 Å². The second-order valence-electron chi connectivity index (χ2n) is 22.2. The van der Waals surface area contributed by atoms with Gasteiger partial charge in [0.25, 0.3) is 17.4 Å². The number of aliphatic hydroxyl groups is 1. The van der Waals surface area contributed by atoms with Crippen LogP contribution in [0.2, 0.25) is 0 Å². The number of carbonyl (C=O) groups excluding carboxylic acids is 7. The van der Waals surface area contributed by atoms with E-state index in [2.05, 4.69) is 21.3 Å². The number of fused-ring (bicyclic) bond motifs is 5. The van der Waals surface area contributed by atoms with Gasteiger partial charge in [0.05, 0.1) is 147 Å². The van der Waals surface area contributed by atoms with Crippen LogP contribution in [0.5, 0.6) is 5.75 Å². The molecule has 0 radical (unpaired) electrons. The summed E-state index contributed by atoms with van der Waals surface area (Å²) in [5.74, 6) is -2.47. The number of rotatable bonds is 37. The summed E-state index contributed by atoms with van der Waals surface area (Å²) >= 11 is 0. The number of hydrogen-bond donors (Lipinski definition) is 5. The molecule has 8 rings (SSSR count). The van der Waals surface area contributed by atoms with Gasteiger partial charge in [-0.05, 0) is 74.6 Å². The number of esters is 1. The fourth-order valence-corrected chi connectivity index (χ4v) is 11.1. The summed E-state index contributed by atoms with van der Waals surface area (Å²) in [6, 6.07) is 3.15. The summed E-state index contributed by atoms with van der Waals surface area (Å²) in [4.78, 5) is 109. The third-order valence-electron chi connectivity index (χ3n) is 16.0. The Morgan fingerprint density at radius 2 is 1.29 bits per heavy atom. The minimum absolute atomic E-state index is 0.00437. The van der Waals surface area contributed by atoms with Gasteiger partial charge in [-0.3, -0.25) is 38.5 Å². The van der Waals surface area contributed by atoms with Gasteiger partial charge in [-0.2, -0.15) is 0 Å². The zero-order chi connectivity index (χ0) is 61.9. The molecule has 0 bridgehead atoms. The number of carbonyl (C=O) groups is 7. The van der Waals surface area contributed by atoms with E-state index in [0.29, 0.717) is 146 Å². The molecule has 1 aromatic carbocycles. The Morgan fingerprint density at radius 3 is 1.86 bits per heavy atom. The van der Waals surface area contributed by atoms with Gasteiger partial charge in [0.2, 0.25) is 23.6 Å². The van der Waals surface area contributed by atoms with Gasteiger partial charge in [-0.25, -0.2) is 9.78 Å². The van der Waals surface area contributed by atoms with Crippen LogP contribution in [-0.2, 0) is 101 Å². The normalized spacial score (nSPS) is 19.1. The second kappa shape index (κ2) is 32.5. The highest BCUT2D eigenvalue weighted by molar-refractivity contribution is 6.13. The lowest BCUT2D eigenvalue weighted by Crippen LogP contribution is -2.53. The minimum atomic E-state index is -1.95. The molecule has 0 unspecified atom stereocenters. The summed E-state index contributed by atoms with van der Waals surface area (Å²) in [5.41, 5.74) is 1.86. The number of anilines is 1. The molecule has 4 aliphatic heterocycles. The van der Waals surface area contributed by atoms with Gasteiger partial charge in [0.15, 0.2) is 11.4 Å². The van der Waals surface area contributed by atoms with Crippen molar-refractivity contribution in [3.05, 3.63) is 63.0 Å². The van der Waals surface area contributed by atoms with Crippen molar-refractivity contribution in [3.8, 4) is 17.1 Å². The van der Waals surface area contributed by atoms with Crippen LogP contribution in [0.15, 0.2) is 35.1 Å². The fraction of sp³-hybridized carbons (Fsp3) is 0.623. The molecule has 5 aliphatic rings. The first-order valence-corrected chi connectivity index (χ1v) is 30.2. The maximum atomic E-state index is 13.8. The van der Waals surface area contributed by atoms with Crippen molar-refractivity contribution in [3.63, 3.8) is 0 Å². The van der Waals surface area contributed by atoms with Crippen LogP contribution in [0.1, 0.15) is 88.5 Å². The second-order valence-corrected chi connectivity index (χ2v) is 22.2. The smallest absolute Gasteiger partial charge is 0.343 e. The van der Waals surface area contributed by atoms with Crippen LogP contribution in [-0.4, -0.2) is 198 Å². The molecular weight excluding hydrogens is 1130 g/mol. The third kappa shape index (κ3) is 17.3. The van der Waals surface area contributed by atoms with Crippen molar-refractivity contribution < 1.29 is 86.0 Å². The van der Waals surface area contributed by atoms with Gasteiger partial charge in [0.1, 0.15) is 18.7 Å². The van der Waals surface area contributed by atoms with Crippen molar-refractivity contribution >= 4 is 58.0 Å². The highest BCUT2D eigenvalue weighted by atomic mass is 16.6. The van der Waals surface area contributed by atoms with Gasteiger partial charge in [-0.15, -0.1) is 0 Å². The number of ether oxygens (including phenoxy) is 10. The van der Waals surface area contributed by atoms with Crippen LogP contribution in [0.4, 0.5) is 5.69 Å². The van der Waals surface area contributed by atoms with Crippen molar-refractivity contribution in [1.82, 2.24) is 30.4 Å². The Labute approximate surface area is 504 Å². The molecule has 3 aromatic rings. The van der Waals surface area contributed by atoms with E-state index in [1.54, 1.807) is 50.5 Å². The van der Waals surface area contributed by atoms with E-state index in [-0.39, 0.29) is 98.0 Å². The first kappa shape index (κ1) is 66.2. The SMILES string of the molecule is CC[C@@]1(O)C(=O)OCc2c1cc1n(c2=O)Cc2c-1nc1ccc(NC(=O)[C@H](C)NC(=O)[C@@H](NC(=O)CCOCCOCCOCCOCCOCCOCCOCCOCCNC(=O)C3CCC(CN4C(=O)C=CC4=O)CC3)C(C)C)c3c1c2CCO3. The van der Waals surface area contributed by atoms with Crippen molar-refractivity contribution in [1.29, 1.82) is 0 Å². The van der Waals surface area contributed by atoms with E-state index in [1.807, 2.05) is 0 Å². The van der Waals surface area contributed by atoms with Gasteiger partial charge >= 0.3 is 5.97 Å². The predicted molar refractivity (Wildman–Crippen MR) is 312 cm³/mol. The van der Waals surface area contributed by atoms with Gasteiger partial charge < -0.3 is 78.3 Å². The Bertz CT molecular complexity index is 3000. The van der Waals surface area contributed by atoms with Crippen LogP contribution in [0, 0.1) is 17.8 Å². The molecule has 1 aliphatic carbocycles. The number of pyridine rings is 2. The van der Waals surface area contributed by atoms with E-state index in [9.17, 15) is 43.5 Å². The van der Waals surface area contributed by atoms with Crippen LogP contribution < -0.4 is 31.6 Å². The van der Waals surface area contributed by atoms with E-state index < -0.39 is 41.4 Å². The third-order valence-corrected chi connectivity index (χ3v) is 16.0. The molecule has 26 heteroatoms. The highest BCUT2D eigenvalue weighted by Gasteiger charge is 2.46. The summed E-state index contributed by atoms with van der Waals surface area (Å²) in [5, 5.41) is 23.3. The molecule has 5 N–H and O–H groups in total. The highest BCUT2D eigenvalue weighted by Crippen LogP contribution is 2.45. The van der Waals surface area contributed by atoms with Crippen molar-refractivity contribution in [2.75, 3.05) is 131 Å². The first-order chi connectivity index (χ1) is 42.1. The Kier molecular flexibility index (Phi) is 24.7. The molecule has 0 spiro atoms. The summed E-state index contributed by atoms with van der Waals surface area (Å²) in [6.45, 7) is 13.8. The molecule has 1 saturated carbocycles. The molecule has 1 fully saturated rings. The molecule has 476 valence electrons. The minimum Gasteiger partial charge on any atom is -0.490 e. The van der Waals surface area contributed by atoms with Gasteiger partial charge in [-0.1, -0.05) is 20.8 Å². The molecule has 0 saturated heterocycles. The van der Waals surface area contributed by atoms with Gasteiger partial charge in [0, 0.05) is 60.5 Å². The maximum absolute atomic E-state index is 13.8. The molecule has 26 nitrogen and oxygen atoms in total. The molecule has 87 heavy (non-hydrogen) atoms. The van der Waals surface area contributed by atoms with E-state index in [4.69, 9.17) is 52.4 Å². The van der Waals surface area contributed by atoms with Crippen molar-refractivity contribution in [2.45, 2.75) is 103 Å². The van der Waals surface area contributed by atoms with Crippen LogP contribution >= 0.6 is 0 Å². The standard InChI is InChI=1S/C61H83N7O19/c1-5-61(77)45-34-48-54-43(36-67(48)59(75)44(45)37-87-60(61)76)42-14-18-86-55-47(11-10-46(64-54)52(42)55)65-56(72)39(4)63-58(74)53(38(2)3)66-49(69)15-17-78-20-22-80-24-26-82-28-30-84-32-33-85-31-29-83-27-25-81-23-21-79-19-16-62-57(73)41-8-6-40(7-9-41)35-68-50(70)12-13-51(68)71/h10-13,34,38-41,53,77H,5-9,14-33,35-37H2,1-4H3,(H,62,73)(H,63,74)(H,65,72)(H,66,69)/t39-,40?,41?,53-,61-/m0/s1. The number of amides is 6. The first-order valence-electron chi connectivity index (χ1n) is 30.2. The monoisotopic (exact) mass is 1220 g/mol. The predicted octanol–water partition coefficient (Wildman–Crippen LogP) is 1.97. The van der Waals surface area contributed by atoms with E-state index >= 15 is 0 Å². The van der Waals surface area contributed by atoms with Crippen LogP contribution in [0.3, 0.4) is 0 Å². The van der Waals surface area contributed by atoms with Crippen LogP contribution in [0.25, 0.3) is 22.3 Å². The average molecular weight is 1220 g/mol. The number of benzene rings is 1. The number of cyclic esters (lactones) is 1. The lowest BCUT2D eigenvalue weighted by molar-refractivity contribution is -0.172. The number of imide groups is 1. The topological polar surface area (TPSA) is 318 Å². The molecular formula is C61H83N7O19. The largest absolute Gasteiger partial charge is 0.490 e. The fourth-order valence-electron chi connectivity index (χ4n) is 11.1. The maximum Gasteiger partial charge on any atom is 0.343 e. The van der Waals surface area contributed by atoms with Crippen molar-refractivity contribution in [2.24, 2.45) is 17.8 Å². The zero-order valence-electron chi connectivity index (χ0n) is 50.2. The number of nitrogens with one attached hydrogen (secondary N) is 4. The Morgan fingerprint density at radius 1 is 0.713 bits per heavy atom. The lowest BCUT2D eigenvalue weighted by atomic mass is 9.81. The zero-order valence-corrected chi connectivity index (χ0v) is 50.2. The molecule has 6 heterocycles. The summed E-state index contributed by atoms with van der Waals surface area (Å²) in [6.07, 6.45) is 6.23. The molecule has 2 aromatic heterocycles. The quantitative estimate of drug-likeness (QED) is 0.0245. The lowest BCUT2D eigenvalue weighted by Gasteiger charge is -2.31. The Balaban J connectivity index is 0.594. The summed E-state index contributed by atoms with van der Waals surface area (Å²) < 4.78 is 57.3. The number of aromatic nitrogens is 2. The average Bonchev–Trinajstić information content (AvgIpc) is 1.70. The summed E-state index contributed by atoms with van der Waals surface area (Å²) in [7, 11) is 0. The Hall–Kier alpha value is -6.75. The molecule has 3 atom stereocenters. The number of nitrogens with zero attached hydrogens (tertiary/aromatic N) is 3. The van der Waals surface area contributed by atoms with E-state index in [0.717, 1.165) is 36.8 Å². The number of hydrogen-bond acceptors (Lipinski definition) is 20.